The van der Waals surface area contributed by atoms with E-state index in [1.807, 2.05) is 19.1 Å². The molecule has 0 aromatic heterocycles. The fraction of sp³-hybridized carbons (Fsp3) is 0.536. The summed E-state index contributed by atoms with van der Waals surface area (Å²) in [5, 5.41) is 6.35. The summed E-state index contributed by atoms with van der Waals surface area (Å²) in [6.45, 7) is 5.25. The zero-order chi connectivity index (χ0) is 26.4. The molecule has 0 bridgehead atoms. The highest BCUT2D eigenvalue weighted by atomic mass is 19.4. The standard InChI is InChI=1S/C28H37F3N4O2/c1-2-37-24-10-8-23(9-11-24)35-15-13-19(14-16-35)18-33-27(36)20-3-5-21(6-4-20)34-22-7-12-26(32)25(17-22)28(29,30)31/h7-12,17,19-21,34H,2-6,13-16,18,32H2,1H3,(H,33,36). The Morgan fingerprint density at radius 1 is 1.03 bits per heavy atom. The lowest BCUT2D eigenvalue weighted by Gasteiger charge is -2.34. The van der Waals surface area contributed by atoms with Gasteiger partial charge in [-0.15, -0.1) is 0 Å². The number of nitrogens with one attached hydrogen (secondary N) is 2. The second kappa shape index (κ2) is 12.0. The van der Waals surface area contributed by atoms with E-state index in [1.165, 1.54) is 11.8 Å². The minimum Gasteiger partial charge on any atom is -0.494 e. The summed E-state index contributed by atoms with van der Waals surface area (Å²) in [4.78, 5) is 15.2. The van der Waals surface area contributed by atoms with Crippen LogP contribution in [0.2, 0.25) is 0 Å². The summed E-state index contributed by atoms with van der Waals surface area (Å²) in [5.74, 6) is 1.40. The number of nitrogen functional groups attached to an aromatic ring is 1. The van der Waals surface area contributed by atoms with Crippen molar-refractivity contribution in [3.63, 3.8) is 0 Å². The number of hydrogen-bond acceptors (Lipinski definition) is 5. The fourth-order valence-corrected chi connectivity index (χ4v) is 5.33. The van der Waals surface area contributed by atoms with Crippen molar-refractivity contribution < 1.29 is 22.7 Å². The maximum absolute atomic E-state index is 13.1. The molecule has 202 valence electrons. The van der Waals surface area contributed by atoms with Crippen LogP contribution in [-0.4, -0.2) is 38.2 Å². The van der Waals surface area contributed by atoms with Crippen molar-refractivity contribution in [3.8, 4) is 5.75 Å². The summed E-state index contributed by atoms with van der Waals surface area (Å²) >= 11 is 0. The molecule has 1 aliphatic heterocycles. The predicted octanol–water partition coefficient (Wildman–Crippen LogP) is 5.69. The van der Waals surface area contributed by atoms with Gasteiger partial charge < -0.3 is 26.0 Å². The van der Waals surface area contributed by atoms with Crippen molar-refractivity contribution in [1.82, 2.24) is 5.32 Å². The molecule has 1 saturated heterocycles. The molecule has 1 amide bonds. The zero-order valence-electron chi connectivity index (χ0n) is 21.3. The lowest BCUT2D eigenvalue weighted by atomic mass is 9.85. The lowest BCUT2D eigenvalue weighted by Crippen LogP contribution is -2.41. The van der Waals surface area contributed by atoms with Gasteiger partial charge in [0.15, 0.2) is 0 Å². The molecule has 0 atom stereocenters. The molecular weight excluding hydrogens is 481 g/mol. The van der Waals surface area contributed by atoms with Crippen LogP contribution in [-0.2, 0) is 11.0 Å². The van der Waals surface area contributed by atoms with Gasteiger partial charge in [0.1, 0.15) is 5.75 Å². The van der Waals surface area contributed by atoms with E-state index in [1.54, 1.807) is 6.07 Å². The third-order valence-electron chi connectivity index (χ3n) is 7.52. The van der Waals surface area contributed by atoms with Crippen molar-refractivity contribution in [2.45, 2.75) is 57.7 Å². The van der Waals surface area contributed by atoms with Gasteiger partial charge in [0.05, 0.1) is 12.2 Å². The number of carbonyl (C=O) groups is 1. The number of carbonyl (C=O) groups excluding carboxylic acids is 1. The van der Waals surface area contributed by atoms with Gasteiger partial charge in [-0.3, -0.25) is 4.79 Å². The molecule has 4 rings (SSSR count). The highest BCUT2D eigenvalue weighted by molar-refractivity contribution is 5.78. The molecule has 1 heterocycles. The number of halogens is 3. The average molecular weight is 519 g/mol. The monoisotopic (exact) mass is 518 g/mol. The molecule has 1 aliphatic carbocycles. The molecule has 2 fully saturated rings. The topological polar surface area (TPSA) is 79.6 Å². The number of rotatable bonds is 8. The largest absolute Gasteiger partial charge is 0.494 e. The Bertz CT molecular complexity index is 1030. The van der Waals surface area contributed by atoms with Gasteiger partial charge in [0, 0.05) is 48.7 Å². The molecule has 6 nitrogen and oxygen atoms in total. The summed E-state index contributed by atoms with van der Waals surface area (Å²) < 4.78 is 44.9. The van der Waals surface area contributed by atoms with Gasteiger partial charge in [-0.25, -0.2) is 0 Å². The number of hydrogen-bond donors (Lipinski definition) is 3. The van der Waals surface area contributed by atoms with Crippen molar-refractivity contribution in [3.05, 3.63) is 48.0 Å². The zero-order valence-corrected chi connectivity index (χ0v) is 21.3. The third kappa shape index (κ3) is 7.23. The van der Waals surface area contributed by atoms with Crippen LogP contribution in [0.25, 0.3) is 0 Å². The van der Waals surface area contributed by atoms with E-state index in [0.29, 0.717) is 24.8 Å². The molecular formula is C28H37F3N4O2. The van der Waals surface area contributed by atoms with Crippen LogP contribution in [0.4, 0.5) is 30.2 Å². The molecule has 1 saturated carbocycles. The van der Waals surface area contributed by atoms with E-state index >= 15 is 0 Å². The van der Waals surface area contributed by atoms with Crippen LogP contribution in [0.3, 0.4) is 0 Å². The first-order chi connectivity index (χ1) is 17.7. The molecule has 2 aliphatic rings. The summed E-state index contributed by atoms with van der Waals surface area (Å²) in [6, 6.07) is 12.2. The maximum Gasteiger partial charge on any atom is 0.418 e. The first-order valence-corrected chi connectivity index (χ1v) is 13.2. The summed E-state index contributed by atoms with van der Waals surface area (Å²) in [7, 11) is 0. The van der Waals surface area contributed by atoms with Crippen LogP contribution in [0.5, 0.6) is 5.75 Å². The summed E-state index contributed by atoms with van der Waals surface area (Å²) in [5.41, 5.74) is 6.00. The van der Waals surface area contributed by atoms with Gasteiger partial charge in [0.25, 0.3) is 0 Å². The van der Waals surface area contributed by atoms with Gasteiger partial charge in [-0.1, -0.05) is 0 Å². The van der Waals surface area contributed by atoms with E-state index in [9.17, 15) is 18.0 Å². The molecule has 2 aromatic carbocycles. The number of anilines is 3. The van der Waals surface area contributed by atoms with Crippen LogP contribution in [0.15, 0.2) is 42.5 Å². The normalized spacial score (nSPS) is 20.9. The first kappa shape index (κ1) is 26.9. The number of benzene rings is 2. The van der Waals surface area contributed by atoms with E-state index in [0.717, 1.165) is 63.4 Å². The van der Waals surface area contributed by atoms with Crippen LogP contribution < -0.4 is 26.0 Å². The minimum atomic E-state index is -4.48. The smallest absolute Gasteiger partial charge is 0.418 e. The third-order valence-corrected chi connectivity index (χ3v) is 7.52. The Balaban J connectivity index is 1.17. The number of nitrogens with two attached hydrogens (primary N) is 1. The van der Waals surface area contributed by atoms with Crippen LogP contribution in [0.1, 0.15) is 51.0 Å². The molecule has 0 unspecified atom stereocenters. The quantitative estimate of drug-likeness (QED) is 0.391. The van der Waals surface area contributed by atoms with Crippen LogP contribution in [0, 0.1) is 11.8 Å². The number of ether oxygens (including phenoxy) is 1. The number of amides is 1. The number of alkyl halides is 3. The Morgan fingerprint density at radius 3 is 2.32 bits per heavy atom. The van der Waals surface area contributed by atoms with Crippen molar-refractivity contribution >= 4 is 23.0 Å². The second-order valence-corrected chi connectivity index (χ2v) is 10.1. The van der Waals surface area contributed by atoms with Crippen molar-refractivity contribution in [2.24, 2.45) is 11.8 Å². The number of nitrogens with zero attached hydrogens (tertiary/aromatic N) is 1. The van der Waals surface area contributed by atoms with E-state index in [-0.39, 0.29) is 23.6 Å². The SMILES string of the molecule is CCOc1ccc(N2CCC(CNC(=O)C3CCC(Nc4ccc(N)c(C(F)(F)F)c4)CC3)CC2)cc1. The highest BCUT2D eigenvalue weighted by Crippen LogP contribution is 2.36. The van der Waals surface area contributed by atoms with Gasteiger partial charge in [0.2, 0.25) is 5.91 Å². The minimum absolute atomic E-state index is 0.0423. The van der Waals surface area contributed by atoms with Crippen molar-refractivity contribution in [2.75, 3.05) is 42.2 Å². The van der Waals surface area contributed by atoms with Gasteiger partial charge in [-0.05, 0) is 93.8 Å². The predicted molar refractivity (Wildman–Crippen MR) is 141 cm³/mol. The Kier molecular flexibility index (Phi) is 8.71. The van der Waals surface area contributed by atoms with E-state index in [4.69, 9.17) is 10.5 Å². The van der Waals surface area contributed by atoms with Gasteiger partial charge in [-0.2, -0.15) is 13.2 Å². The Hall–Kier alpha value is -3.10. The molecule has 0 radical (unpaired) electrons. The van der Waals surface area contributed by atoms with Crippen molar-refractivity contribution in [1.29, 1.82) is 0 Å². The van der Waals surface area contributed by atoms with Crippen LogP contribution >= 0.6 is 0 Å². The molecule has 2 aromatic rings. The molecule has 37 heavy (non-hydrogen) atoms. The average Bonchev–Trinajstić information content (AvgIpc) is 2.89. The molecule has 9 heteroatoms. The van der Waals surface area contributed by atoms with Gasteiger partial charge >= 0.3 is 6.18 Å². The lowest BCUT2D eigenvalue weighted by molar-refractivity contribution is -0.136. The Labute approximate surface area is 216 Å². The van der Waals surface area contributed by atoms with E-state index < -0.39 is 11.7 Å². The van der Waals surface area contributed by atoms with E-state index in [2.05, 4.69) is 27.7 Å². The molecule has 4 N–H and O–H groups in total. The molecule has 0 spiro atoms. The first-order valence-electron chi connectivity index (χ1n) is 13.2. The number of piperidine rings is 1. The maximum atomic E-state index is 13.1. The second-order valence-electron chi connectivity index (χ2n) is 10.1. The summed E-state index contributed by atoms with van der Waals surface area (Å²) in [6.07, 6.45) is 0.511. The Morgan fingerprint density at radius 2 is 1.70 bits per heavy atom. The fourth-order valence-electron chi connectivity index (χ4n) is 5.33. The highest BCUT2D eigenvalue weighted by Gasteiger charge is 2.33.